The zero-order valence-electron chi connectivity index (χ0n) is 23.4. The monoisotopic (exact) mass is 499 g/mol. The maximum Gasteiger partial charge on any atom is 0.230 e. The van der Waals surface area contributed by atoms with Crippen LogP contribution in [0.3, 0.4) is 0 Å². The number of fused-ring (bicyclic) bond motifs is 1. The Labute approximate surface area is 220 Å². The summed E-state index contributed by atoms with van der Waals surface area (Å²) in [4.78, 5) is 25.0. The highest BCUT2D eigenvalue weighted by Gasteiger charge is 2.45. The van der Waals surface area contributed by atoms with Crippen molar-refractivity contribution >= 4 is 17.5 Å². The molecule has 194 valence electrons. The van der Waals surface area contributed by atoms with Crippen LogP contribution in [-0.4, -0.2) is 17.4 Å². The third kappa shape index (κ3) is 4.75. The van der Waals surface area contributed by atoms with Gasteiger partial charge in [-0.2, -0.15) is 0 Å². The number of amides is 2. The topological polar surface area (TPSA) is 55.8 Å². The normalized spacial score (nSPS) is 15.8. The van der Waals surface area contributed by atoms with Crippen LogP contribution in [0.4, 0.5) is 5.69 Å². The second-order valence-electron chi connectivity index (χ2n) is 10.9. The summed E-state index contributed by atoms with van der Waals surface area (Å²) < 4.78 is 13.1. The molecular formula is C32H37NO4. The molecule has 0 N–H and O–H groups in total. The first-order valence-electron chi connectivity index (χ1n) is 12.8. The molecule has 0 spiro atoms. The van der Waals surface area contributed by atoms with Crippen molar-refractivity contribution in [3.8, 4) is 17.2 Å². The molecule has 1 atom stereocenters. The van der Waals surface area contributed by atoms with Crippen LogP contribution >= 0.6 is 0 Å². The van der Waals surface area contributed by atoms with Crippen LogP contribution in [0.15, 0.2) is 48.5 Å². The van der Waals surface area contributed by atoms with Crippen LogP contribution in [0.2, 0.25) is 0 Å². The summed E-state index contributed by atoms with van der Waals surface area (Å²) in [6.07, 6.45) is 0. The third-order valence-electron chi connectivity index (χ3n) is 7.46. The molecule has 3 aromatic carbocycles. The number of anilines is 1. The van der Waals surface area contributed by atoms with Crippen molar-refractivity contribution in [3.05, 3.63) is 81.9 Å². The summed E-state index contributed by atoms with van der Waals surface area (Å²) in [6.45, 7) is 17.7. The van der Waals surface area contributed by atoms with Gasteiger partial charge in [-0.15, -0.1) is 0 Å². The minimum atomic E-state index is -0.410. The zero-order chi connectivity index (χ0) is 27.2. The lowest BCUT2D eigenvalue weighted by Gasteiger charge is -2.27. The Hall–Kier alpha value is -3.60. The molecule has 1 aliphatic rings. The number of hydrogen-bond acceptors (Lipinski definition) is 4. The predicted molar refractivity (Wildman–Crippen MR) is 148 cm³/mol. The van der Waals surface area contributed by atoms with Gasteiger partial charge < -0.3 is 9.47 Å². The van der Waals surface area contributed by atoms with E-state index in [2.05, 4.69) is 72.7 Å². The molecule has 0 fully saturated rings. The summed E-state index contributed by atoms with van der Waals surface area (Å²) in [6, 6.07) is 15.9. The van der Waals surface area contributed by atoms with Gasteiger partial charge in [0.05, 0.1) is 11.6 Å². The number of hydrogen-bond donors (Lipinski definition) is 0. The molecule has 1 heterocycles. The van der Waals surface area contributed by atoms with Gasteiger partial charge in [0.1, 0.15) is 22.8 Å². The van der Waals surface area contributed by atoms with Crippen molar-refractivity contribution in [3.63, 3.8) is 0 Å². The predicted octanol–water partition coefficient (Wildman–Crippen LogP) is 7.73. The van der Waals surface area contributed by atoms with E-state index in [1.807, 2.05) is 0 Å². The van der Waals surface area contributed by atoms with Crippen molar-refractivity contribution in [2.45, 2.75) is 79.8 Å². The van der Waals surface area contributed by atoms with E-state index >= 15 is 0 Å². The van der Waals surface area contributed by atoms with Gasteiger partial charge in [-0.25, -0.2) is 0 Å². The second kappa shape index (κ2) is 9.70. The highest BCUT2D eigenvalue weighted by atomic mass is 16.5. The molecule has 5 nitrogen and oxygen atoms in total. The first kappa shape index (κ1) is 26.5. The molecule has 3 aromatic rings. The molecule has 0 bridgehead atoms. The Kier molecular flexibility index (Phi) is 6.93. The van der Waals surface area contributed by atoms with E-state index in [4.69, 9.17) is 9.47 Å². The Morgan fingerprint density at radius 3 is 1.95 bits per heavy atom. The SMILES string of the molecule is CC(=O)N(C(C)=O)c1ccc(Oc2c(C)c(C)c3c(c2C)C(c2ccc(C(C)C)cc2)C(C)(C)O3)cc1. The molecule has 1 aliphatic heterocycles. The average Bonchev–Trinajstić information content (AvgIpc) is 3.12. The molecule has 0 saturated carbocycles. The largest absolute Gasteiger partial charge is 0.486 e. The smallest absolute Gasteiger partial charge is 0.230 e. The molecule has 0 aromatic heterocycles. The molecule has 2 amide bonds. The summed E-state index contributed by atoms with van der Waals surface area (Å²) in [5.41, 5.74) is 6.97. The van der Waals surface area contributed by atoms with Gasteiger partial charge in [0, 0.05) is 19.4 Å². The fourth-order valence-corrected chi connectivity index (χ4v) is 5.43. The van der Waals surface area contributed by atoms with Crippen LogP contribution < -0.4 is 14.4 Å². The van der Waals surface area contributed by atoms with Crippen molar-refractivity contribution in [1.82, 2.24) is 0 Å². The zero-order valence-corrected chi connectivity index (χ0v) is 23.4. The Morgan fingerprint density at radius 2 is 1.43 bits per heavy atom. The van der Waals surface area contributed by atoms with Crippen molar-refractivity contribution in [2.24, 2.45) is 0 Å². The number of imide groups is 1. The van der Waals surface area contributed by atoms with Gasteiger partial charge in [0.25, 0.3) is 0 Å². The van der Waals surface area contributed by atoms with Crippen LogP contribution in [-0.2, 0) is 9.59 Å². The average molecular weight is 500 g/mol. The number of benzene rings is 3. The van der Waals surface area contributed by atoms with E-state index in [1.54, 1.807) is 24.3 Å². The Morgan fingerprint density at radius 1 is 0.865 bits per heavy atom. The molecule has 4 rings (SSSR count). The highest BCUT2D eigenvalue weighted by molar-refractivity contribution is 6.13. The van der Waals surface area contributed by atoms with E-state index in [0.717, 1.165) is 38.7 Å². The van der Waals surface area contributed by atoms with Crippen molar-refractivity contribution < 1.29 is 19.1 Å². The van der Waals surface area contributed by atoms with Crippen LogP contribution in [0, 0.1) is 20.8 Å². The van der Waals surface area contributed by atoms with E-state index < -0.39 is 5.60 Å². The van der Waals surface area contributed by atoms with Gasteiger partial charge in [-0.1, -0.05) is 38.1 Å². The molecular weight excluding hydrogens is 462 g/mol. The second-order valence-corrected chi connectivity index (χ2v) is 10.9. The summed E-state index contributed by atoms with van der Waals surface area (Å²) in [7, 11) is 0. The number of carbonyl (C=O) groups is 2. The van der Waals surface area contributed by atoms with Crippen LogP contribution in [0.1, 0.15) is 86.8 Å². The highest BCUT2D eigenvalue weighted by Crippen LogP contribution is 2.54. The lowest BCUT2D eigenvalue weighted by atomic mass is 9.78. The van der Waals surface area contributed by atoms with Crippen molar-refractivity contribution in [1.29, 1.82) is 0 Å². The molecule has 5 heteroatoms. The first-order chi connectivity index (χ1) is 17.3. The number of rotatable bonds is 5. The summed E-state index contributed by atoms with van der Waals surface area (Å²) in [5.74, 6) is 2.28. The molecule has 0 radical (unpaired) electrons. The van der Waals surface area contributed by atoms with E-state index in [9.17, 15) is 9.59 Å². The van der Waals surface area contributed by atoms with Gasteiger partial charge in [-0.05, 0) is 92.6 Å². The minimum Gasteiger partial charge on any atom is -0.486 e. The standard InChI is InChI=1S/C32H37NO4/c1-18(2)24-10-12-25(13-11-24)29-28-21(5)30(19(3)20(4)31(28)37-32(29,8)9)36-27-16-14-26(15-17-27)33(22(6)34)23(7)35/h10-18,29H,1-9H3. The Bertz CT molecular complexity index is 1340. The first-order valence-corrected chi connectivity index (χ1v) is 12.8. The summed E-state index contributed by atoms with van der Waals surface area (Å²) in [5, 5.41) is 0. The van der Waals surface area contributed by atoms with E-state index in [0.29, 0.717) is 17.4 Å². The summed E-state index contributed by atoms with van der Waals surface area (Å²) >= 11 is 0. The maximum atomic E-state index is 11.9. The van der Waals surface area contributed by atoms with E-state index in [1.165, 1.54) is 25.0 Å². The van der Waals surface area contributed by atoms with Crippen LogP contribution in [0.5, 0.6) is 17.2 Å². The molecule has 1 unspecified atom stereocenters. The molecule has 0 aliphatic carbocycles. The van der Waals surface area contributed by atoms with Gasteiger partial charge in [-0.3, -0.25) is 14.5 Å². The maximum absolute atomic E-state index is 11.9. The third-order valence-corrected chi connectivity index (χ3v) is 7.46. The lowest BCUT2D eigenvalue weighted by Crippen LogP contribution is -2.32. The molecule has 37 heavy (non-hydrogen) atoms. The fraction of sp³-hybridized carbons (Fsp3) is 0.375. The van der Waals surface area contributed by atoms with Crippen LogP contribution in [0.25, 0.3) is 0 Å². The molecule has 0 saturated heterocycles. The Balaban J connectivity index is 1.76. The minimum absolute atomic E-state index is 0.0624. The van der Waals surface area contributed by atoms with Gasteiger partial charge in [0.2, 0.25) is 11.8 Å². The number of carbonyl (C=O) groups excluding carboxylic acids is 2. The lowest BCUT2D eigenvalue weighted by molar-refractivity contribution is -0.124. The number of nitrogens with zero attached hydrogens (tertiary/aromatic N) is 1. The fourth-order valence-electron chi connectivity index (χ4n) is 5.43. The van der Waals surface area contributed by atoms with Gasteiger partial charge >= 0.3 is 0 Å². The van der Waals surface area contributed by atoms with Crippen molar-refractivity contribution in [2.75, 3.05) is 4.90 Å². The van der Waals surface area contributed by atoms with Gasteiger partial charge in [0.15, 0.2) is 0 Å². The van der Waals surface area contributed by atoms with E-state index in [-0.39, 0.29) is 17.7 Å². The quantitative estimate of drug-likeness (QED) is 0.360. The number of ether oxygens (including phenoxy) is 2.